The fourth-order valence-corrected chi connectivity index (χ4v) is 5.02. The van der Waals surface area contributed by atoms with Gasteiger partial charge in [0, 0.05) is 24.3 Å². The lowest BCUT2D eigenvalue weighted by atomic mass is 9.98. The van der Waals surface area contributed by atoms with Crippen molar-refractivity contribution >= 4 is 41.7 Å². The maximum atomic E-state index is 14.9. The molecule has 194 valence electrons. The van der Waals surface area contributed by atoms with Gasteiger partial charge in [0.1, 0.15) is 11.4 Å². The highest BCUT2D eigenvalue weighted by Gasteiger charge is 2.40. The second-order valence-corrected chi connectivity index (χ2v) is 17.0. The Hall–Kier alpha value is -2.41. The minimum Gasteiger partial charge on any atom is -0.443 e. The van der Waals surface area contributed by atoms with Crippen LogP contribution in [-0.2, 0) is 19.4 Å². The first-order valence-corrected chi connectivity index (χ1v) is 15.5. The number of nitrogens with zero attached hydrogens (tertiary/aromatic N) is 1. The molecule has 1 aromatic carbocycles. The topological polar surface area (TPSA) is 124 Å². The molecule has 0 aliphatic rings. The number of nitrogens with one attached hydrogen (secondary N) is 2. The molecule has 0 bridgehead atoms. The Morgan fingerprint density at radius 2 is 1.83 bits per heavy atom. The fourth-order valence-electron chi connectivity index (χ4n) is 3.04. The third-order valence-corrected chi connectivity index (χ3v) is 11.2. The zero-order valence-corrected chi connectivity index (χ0v) is 23.2. The van der Waals surface area contributed by atoms with Crippen LogP contribution in [0.15, 0.2) is 24.5 Å². The van der Waals surface area contributed by atoms with E-state index in [1.54, 1.807) is 25.5 Å². The van der Waals surface area contributed by atoms with Crippen LogP contribution in [0.3, 0.4) is 0 Å². The number of carbonyl (C=O) groups excluding carboxylic acids is 2. The van der Waals surface area contributed by atoms with Gasteiger partial charge in [0.2, 0.25) is 0 Å². The fraction of sp³-hybridized carbons (Fsp3) is 0.522. The van der Waals surface area contributed by atoms with Gasteiger partial charge in [-0.3, -0.25) is 9.78 Å². The largest absolute Gasteiger partial charge is 0.443 e. The van der Waals surface area contributed by atoms with Crippen molar-refractivity contribution in [2.75, 3.05) is 6.54 Å². The van der Waals surface area contributed by atoms with Gasteiger partial charge in [-0.2, -0.15) is 13.1 Å². The smallest absolute Gasteiger partial charge is 0.422 e. The van der Waals surface area contributed by atoms with Crippen LogP contribution in [0, 0.1) is 5.82 Å². The molecular weight excluding hydrogens is 493 g/mol. The summed E-state index contributed by atoms with van der Waals surface area (Å²) in [6.45, 7) is 14.5. The Morgan fingerprint density at radius 1 is 1.20 bits per heavy atom. The van der Waals surface area contributed by atoms with Crippen LogP contribution in [0.1, 0.15) is 63.6 Å². The first kappa shape index (κ1) is 28.8. The van der Waals surface area contributed by atoms with Crippen LogP contribution in [0.5, 0.6) is 0 Å². The van der Waals surface area contributed by atoms with Gasteiger partial charge < -0.3 is 9.16 Å². The Labute approximate surface area is 207 Å². The third-order valence-electron chi connectivity index (χ3n) is 5.74. The summed E-state index contributed by atoms with van der Waals surface area (Å²) in [6.07, 6.45) is 1.27. The van der Waals surface area contributed by atoms with E-state index in [-0.39, 0.29) is 17.1 Å². The number of rotatable bonds is 8. The standard InChI is InChI=1S/C23H34FN3O6SSi/c1-22(2,3)32-21(29)27-34(30,31)26-13-20(33-35(7,8)23(4,5)6)16-11-19(24)18(14-28)15-9-10-25-12-17(15)16/h9-12,14,20,26H,13H2,1-8H3,(H,27,29). The van der Waals surface area contributed by atoms with E-state index < -0.39 is 42.1 Å². The number of fused-ring (bicyclic) bond motifs is 1. The van der Waals surface area contributed by atoms with Crippen molar-refractivity contribution < 1.29 is 31.6 Å². The van der Waals surface area contributed by atoms with E-state index in [4.69, 9.17) is 9.16 Å². The SMILES string of the molecule is CC(C)(C)OC(=O)NS(=O)(=O)NCC(O[Si](C)(C)C(C)(C)C)c1cc(F)c(C=O)c2ccncc12. The number of carbonyl (C=O) groups is 2. The number of hydrogen-bond donors (Lipinski definition) is 2. The van der Waals surface area contributed by atoms with Crippen molar-refractivity contribution in [3.8, 4) is 0 Å². The maximum Gasteiger partial charge on any atom is 0.422 e. The van der Waals surface area contributed by atoms with E-state index in [9.17, 15) is 22.4 Å². The minimum atomic E-state index is -4.33. The molecule has 1 atom stereocenters. The van der Waals surface area contributed by atoms with Crippen LogP contribution in [-0.4, -0.2) is 46.2 Å². The number of hydrogen-bond acceptors (Lipinski definition) is 7. The predicted molar refractivity (Wildman–Crippen MR) is 134 cm³/mol. The Kier molecular flexibility index (Phi) is 8.47. The van der Waals surface area contributed by atoms with E-state index in [0.717, 1.165) is 0 Å². The van der Waals surface area contributed by atoms with Gasteiger partial charge in [0.05, 0.1) is 11.7 Å². The highest BCUT2D eigenvalue weighted by molar-refractivity contribution is 7.88. The lowest BCUT2D eigenvalue weighted by Crippen LogP contribution is -2.47. The average molecular weight is 528 g/mol. The number of amides is 1. The molecule has 0 fully saturated rings. The molecule has 0 saturated carbocycles. The number of ether oxygens (including phenoxy) is 1. The van der Waals surface area contributed by atoms with Crippen molar-refractivity contribution in [3.63, 3.8) is 0 Å². The number of aromatic nitrogens is 1. The first-order chi connectivity index (χ1) is 15.9. The van der Waals surface area contributed by atoms with Gasteiger partial charge in [-0.05, 0) is 62.0 Å². The molecule has 2 aromatic rings. The van der Waals surface area contributed by atoms with E-state index in [0.29, 0.717) is 22.6 Å². The van der Waals surface area contributed by atoms with Gasteiger partial charge in [-0.15, -0.1) is 0 Å². The zero-order valence-electron chi connectivity index (χ0n) is 21.4. The quantitative estimate of drug-likeness (QED) is 0.379. The van der Waals surface area contributed by atoms with Crippen molar-refractivity contribution in [2.24, 2.45) is 0 Å². The molecule has 2 rings (SSSR count). The van der Waals surface area contributed by atoms with Gasteiger partial charge in [-0.25, -0.2) is 13.9 Å². The lowest BCUT2D eigenvalue weighted by Gasteiger charge is -2.39. The number of halogens is 1. The molecular formula is C23H34FN3O6SSi. The summed E-state index contributed by atoms with van der Waals surface area (Å²) in [5.41, 5.74) is -0.678. The summed E-state index contributed by atoms with van der Waals surface area (Å²) in [5.74, 6) is -0.757. The molecule has 0 spiro atoms. The minimum absolute atomic E-state index is 0.121. The maximum absolute atomic E-state index is 14.9. The zero-order chi connectivity index (χ0) is 26.8. The summed E-state index contributed by atoms with van der Waals surface area (Å²) in [6, 6.07) is 2.68. The summed E-state index contributed by atoms with van der Waals surface area (Å²) in [7, 11) is -6.82. The molecule has 0 radical (unpaired) electrons. The Balaban J connectivity index is 2.49. The second kappa shape index (κ2) is 10.3. The van der Waals surface area contributed by atoms with Crippen molar-refractivity contribution in [2.45, 2.75) is 71.4 Å². The molecule has 35 heavy (non-hydrogen) atoms. The van der Waals surface area contributed by atoms with E-state index in [1.165, 1.54) is 24.5 Å². The van der Waals surface area contributed by atoms with Crippen LogP contribution >= 0.6 is 0 Å². The molecule has 0 saturated heterocycles. The van der Waals surface area contributed by atoms with Gasteiger partial charge in [0.25, 0.3) is 0 Å². The van der Waals surface area contributed by atoms with Crippen molar-refractivity contribution in [1.29, 1.82) is 0 Å². The molecule has 1 amide bonds. The van der Waals surface area contributed by atoms with Crippen molar-refractivity contribution in [3.05, 3.63) is 41.5 Å². The molecule has 12 heteroatoms. The summed E-state index contributed by atoms with van der Waals surface area (Å²) in [4.78, 5) is 27.6. The Morgan fingerprint density at radius 3 is 2.37 bits per heavy atom. The molecule has 1 unspecified atom stereocenters. The normalized spacial score (nSPS) is 14.0. The molecule has 0 aliphatic heterocycles. The van der Waals surface area contributed by atoms with E-state index in [1.807, 2.05) is 33.9 Å². The van der Waals surface area contributed by atoms with Gasteiger partial charge in [-0.1, -0.05) is 20.8 Å². The lowest BCUT2D eigenvalue weighted by molar-refractivity contribution is 0.0569. The highest BCUT2D eigenvalue weighted by atomic mass is 32.2. The summed E-state index contributed by atoms with van der Waals surface area (Å²) >= 11 is 0. The van der Waals surface area contributed by atoms with Crippen LogP contribution in [0.2, 0.25) is 18.1 Å². The van der Waals surface area contributed by atoms with E-state index >= 15 is 0 Å². The Bertz CT molecular complexity index is 1210. The number of aldehydes is 1. The third kappa shape index (κ3) is 7.53. The van der Waals surface area contributed by atoms with Gasteiger partial charge >= 0.3 is 16.3 Å². The molecule has 1 aromatic heterocycles. The van der Waals surface area contributed by atoms with Crippen LogP contribution in [0.4, 0.5) is 9.18 Å². The molecule has 0 aliphatic carbocycles. The summed E-state index contributed by atoms with van der Waals surface area (Å²) in [5, 5.41) is 0.552. The first-order valence-electron chi connectivity index (χ1n) is 11.1. The summed E-state index contributed by atoms with van der Waals surface area (Å²) < 4.78 is 55.6. The van der Waals surface area contributed by atoms with Crippen LogP contribution in [0.25, 0.3) is 10.8 Å². The average Bonchev–Trinajstić information content (AvgIpc) is 2.67. The van der Waals surface area contributed by atoms with E-state index in [2.05, 4.69) is 9.71 Å². The predicted octanol–water partition coefficient (Wildman–Crippen LogP) is 4.61. The second-order valence-electron chi connectivity index (χ2n) is 10.7. The number of benzene rings is 1. The highest BCUT2D eigenvalue weighted by Crippen LogP contribution is 2.41. The monoisotopic (exact) mass is 527 g/mol. The van der Waals surface area contributed by atoms with Crippen molar-refractivity contribution in [1.82, 2.24) is 14.4 Å². The molecule has 2 N–H and O–H groups in total. The molecule has 1 heterocycles. The molecule has 9 nitrogen and oxygen atoms in total. The van der Waals surface area contributed by atoms with Gasteiger partial charge in [0.15, 0.2) is 14.6 Å². The number of pyridine rings is 1. The van der Waals surface area contributed by atoms with Crippen LogP contribution < -0.4 is 9.44 Å².